The average molecular weight is 492 g/mol. The van der Waals surface area contributed by atoms with E-state index < -0.39 is 0 Å². The summed E-state index contributed by atoms with van der Waals surface area (Å²) < 4.78 is 5.91. The number of nitrogens with one attached hydrogen (secondary N) is 1. The summed E-state index contributed by atoms with van der Waals surface area (Å²) in [6, 6.07) is 21.5. The van der Waals surface area contributed by atoms with Crippen LogP contribution in [0, 0.1) is 25.2 Å². The van der Waals surface area contributed by atoms with Gasteiger partial charge in [0.15, 0.2) is 0 Å². The number of halogens is 1. The summed E-state index contributed by atoms with van der Waals surface area (Å²) in [5, 5.41) is 14.0. The molecule has 0 aliphatic carbocycles. The standard InChI is InChI=1S/C29H22ClN5O/c1-18-5-6-19(2)26(12-18)35-29-24-13-20(21-7-9-22(14-31)33-15-21)8-10-25(24)34-27(28(29)30)17-36-23-4-3-11-32-16-23/h3-13,15-16H,17H2,1-2H3,(H,34,35). The molecule has 0 radical (unpaired) electrons. The predicted molar refractivity (Wildman–Crippen MR) is 142 cm³/mol. The Bertz CT molecular complexity index is 1600. The molecule has 0 fully saturated rings. The van der Waals surface area contributed by atoms with E-state index in [9.17, 15) is 0 Å². The van der Waals surface area contributed by atoms with E-state index in [1.807, 2.05) is 36.4 Å². The molecule has 6 nitrogen and oxygen atoms in total. The molecule has 0 unspecified atom stereocenters. The largest absolute Gasteiger partial charge is 0.486 e. The van der Waals surface area contributed by atoms with Gasteiger partial charge in [0.1, 0.15) is 24.1 Å². The highest BCUT2D eigenvalue weighted by atomic mass is 35.5. The number of nitriles is 1. The maximum Gasteiger partial charge on any atom is 0.140 e. The van der Waals surface area contributed by atoms with Crippen LogP contribution < -0.4 is 10.1 Å². The van der Waals surface area contributed by atoms with Gasteiger partial charge in [-0.25, -0.2) is 9.97 Å². The second-order valence-electron chi connectivity index (χ2n) is 8.44. The molecular weight excluding hydrogens is 470 g/mol. The molecule has 7 heteroatoms. The molecule has 5 rings (SSSR count). The monoisotopic (exact) mass is 491 g/mol. The molecular formula is C29H22ClN5O. The quantitative estimate of drug-likeness (QED) is 0.271. The number of ether oxygens (including phenoxy) is 1. The van der Waals surface area contributed by atoms with E-state index in [4.69, 9.17) is 26.6 Å². The number of hydrogen-bond donors (Lipinski definition) is 1. The Morgan fingerprint density at radius 1 is 1.00 bits per heavy atom. The minimum Gasteiger partial charge on any atom is -0.486 e. The lowest BCUT2D eigenvalue weighted by Crippen LogP contribution is -2.04. The SMILES string of the molecule is Cc1ccc(C)c(Nc2c(Cl)c(COc3cccnc3)nc3ccc(-c4ccc(C#N)nc4)cc23)c1. The van der Waals surface area contributed by atoms with Gasteiger partial charge in [-0.3, -0.25) is 4.98 Å². The summed E-state index contributed by atoms with van der Waals surface area (Å²) >= 11 is 6.96. The highest BCUT2D eigenvalue weighted by molar-refractivity contribution is 6.35. The Balaban J connectivity index is 1.62. The normalized spacial score (nSPS) is 10.7. The van der Waals surface area contributed by atoms with Crippen LogP contribution in [-0.4, -0.2) is 15.0 Å². The van der Waals surface area contributed by atoms with Crippen LogP contribution in [0.1, 0.15) is 22.5 Å². The second-order valence-corrected chi connectivity index (χ2v) is 8.82. The van der Waals surface area contributed by atoms with Gasteiger partial charge in [-0.05, 0) is 73.0 Å². The fraction of sp³-hybridized carbons (Fsp3) is 0.103. The van der Waals surface area contributed by atoms with Crippen LogP contribution in [0.3, 0.4) is 0 Å². The maximum absolute atomic E-state index is 9.07. The third-order valence-corrected chi connectivity index (χ3v) is 6.28. The fourth-order valence-electron chi connectivity index (χ4n) is 3.91. The van der Waals surface area contributed by atoms with Crippen LogP contribution in [0.15, 0.2) is 79.3 Å². The van der Waals surface area contributed by atoms with Crippen LogP contribution in [0.25, 0.3) is 22.0 Å². The van der Waals surface area contributed by atoms with Crippen molar-refractivity contribution in [3.05, 3.63) is 107 Å². The first kappa shape index (κ1) is 23.3. The van der Waals surface area contributed by atoms with Crippen LogP contribution in [0.4, 0.5) is 11.4 Å². The molecule has 0 spiro atoms. The van der Waals surface area contributed by atoms with E-state index >= 15 is 0 Å². The van der Waals surface area contributed by atoms with Crippen LogP contribution in [0.5, 0.6) is 5.75 Å². The van der Waals surface area contributed by atoms with E-state index in [2.05, 4.69) is 53.4 Å². The number of anilines is 2. The van der Waals surface area contributed by atoms with Crippen molar-refractivity contribution in [1.29, 1.82) is 5.26 Å². The smallest absolute Gasteiger partial charge is 0.140 e. The van der Waals surface area contributed by atoms with Crippen molar-refractivity contribution in [2.24, 2.45) is 0 Å². The van der Waals surface area contributed by atoms with Gasteiger partial charge >= 0.3 is 0 Å². The van der Waals surface area contributed by atoms with Crippen LogP contribution >= 0.6 is 11.6 Å². The number of nitrogens with zero attached hydrogens (tertiary/aromatic N) is 4. The zero-order valence-corrected chi connectivity index (χ0v) is 20.5. The molecule has 3 aromatic heterocycles. The number of hydrogen-bond acceptors (Lipinski definition) is 6. The molecule has 0 amide bonds. The van der Waals surface area contributed by atoms with Crippen molar-refractivity contribution in [3.8, 4) is 22.9 Å². The van der Waals surface area contributed by atoms with Gasteiger partial charge in [-0.1, -0.05) is 29.8 Å². The van der Waals surface area contributed by atoms with E-state index in [-0.39, 0.29) is 6.61 Å². The number of aromatic nitrogens is 3. The lowest BCUT2D eigenvalue weighted by molar-refractivity contribution is 0.301. The van der Waals surface area contributed by atoms with Gasteiger partial charge < -0.3 is 10.1 Å². The molecule has 36 heavy (non-hydrogen) atoms. The molecule has 0 bridgehead atoms. The molecule has 0 saturated carbocycles. The van der Waals surface area contributed by atoms with Gasteiger partial charge in [0.2, 0.25) is 0 Å². The first-order chi connectivity index (χ1) is 17.5. The Labute approximate surface area is 214 Å². The van der Waals surface area contributed by atoms with E-state index in [1.165, 1.54) is 0 Å². The first-order valence-electron chi connectivity index (χ1n) is 11.4. The molecule has 1 N–H and O–H groups in total. The molecule has 3 heterocycles. The number of benzene rings is 2. The molecule has 0 aliphatic rings. The lowest BCUT2D eigenvalue weighted by Gasteiger charge is -2.18. The highest BCUT2D eigenvalue weighted by Gasteiger charge is 2.17. The average Bonchev–Trinajstić information content (AvgIpc) is 2.91. The first-order valence-corrected chi connectivity index (χ1v) is 11.8. The van der Waals surface area contributed by atoms with E-state index in [0.717, 1.165) is 44.5 Å². The number of rotatable bonds is 6. The predicted octanol–water partition coefficient (Wildman–Crippen LogP) is 7.16. The zero-order valence-electron chi connectivity index (χ0n) is 19.8. The summed E-state index contributed by atoms with van der Waals surface area (Å²) in [5.74, 6) is 0.642. The number of pyridine rings is 3. The third kappa shape index (κ3) is 4.83. The zero-order chi connectivity index (χ0) is 25.1. The van der Waals surface area contributed by atoms with Crippen molar-refractivity contribution in [3.63, 3.8) is 0 Å². The third-order valence-electron chi connectivity index (χ3n) is 5.87. The number of fused-ring (bicyclic) bond motifs is 1. The van der Waals surface area contributed by atoms with Crippen molar-refractivity contribution < 1.29 is 4.74 Å². The summed E-state index contributed by atoms with van der Waals surface area (Å²) in [5.41, 5.74) is 7.58. The van der Waals surface area contributed by atoms with Gasteiger partial charge in [0.25, 0.3) is 0 Å². The van der Waals surface area contributed by atoms with Gasteiger partial charge in [-0.15, -0.1) is 0 Å². The van der Waals surface area contributed by atoms with Gasteiger partial charge in [0.05, 0.1) is 28.1 Å². The Morgan fingerprint density at radius 3 is 2.61 bits per heavy atom. The van der Waals surface area contributed by atoms with E-state index in [0.29, 0.717) is 22.2 Å². The molecule has 0 aliphatic heterocycles. The Morgan fingerprint density at radius 2 is 1.86 bits per heavy atom. The van der Waals surface area contributed by atoms with Gasteiger partial charge in [0, 0.05) is 29.0 Å². The van der Waals surface area contributed by atoms with Crippen molar-refractivity contribution in [2.45, 2.75) is 20.5 Å². The second kappa shape index (κ2) is 10.0. The van der Waals surface area contributed by atoms with Crippen molar-refractivity contribution >= 4 is 33.9 Å². The molecule has 176 valence electrons. The van der Waals surface area contributed by atoms with Gasteiger partial charge in [-0.2, -0.15) is 5.26 Å². The lowest BCUT2D eigenvalue weighted by atomic mass is 10.0. The summed E-state index contributed by atoms with van der Waals surface area (Å²) in [4.78, 5) is 13.1. The topological polar surface area (TPSA) is 83.7 Å². The van der Waals surface area contributed by atoms with Crippen LogP contribution in [-0.2, 0) is 6.61 Å². The Kier molecular flexibility index (Phi) is 6.48. The van der Waals surface area contributed by atoms with Crippen molar-refractivity contribution in [1.82, 2.24) is 15.0 Å². The van der Waals surface area contributed by atoms with E-state index in [1.54, 1.807) is 24.7 Å². The Hall–Kier alpha value is -4.47. The summed E-state index contributed by atoms with van der Waals surface area (Å²) in [6.45, 7) is 4.31. The molecule has 0 saturated heterocycles. The summed E-state index contributed by atoms with van der Waals surface area (Å²) in [6.07, 6.45) is 5.05. The number of aryl methyl sites for hydroxylation is 2. The fourth-order valence-corrected chi connectivity index (χ4v) is 4.15. The van der Waals surface area contributed by atoms with Crippen LogP contribution in [0.2, 0.25) is 5.02 Å². The highest BCUT2D eigenvalue weighted by Crippen LogP contribution is 2.38. The maximum atomic E-state index is 9.07. The molecule has 0 atom stereocenters. The summed E-state index contributed by atoms with van der Waals surface area (Å²) in [7, 11) is 0. The minimum absolute atomic E-state index is 0.198. The molecule has 2 aromatic carbocycles. The van der Waals surface area contributed by atoms with Crippen molar-refractivity contribution in [2.75, 3.05) is 5.32 Å². The molecule has 5 aromatic rings. The minimum atomic E-state index is 0.198.